The van der Waals surface area contributed by atoms with Crippen LogP contribution < -0.4 is 10.9 Å². The number of rotatable bonds is 8. The molecule has 218 valence electrons. The van der Waals surface area contributed by atoms with Crippen LogP contribution in [0.2, 0.25) is 0 Å². The fourth-order valence-corrected chi connectivity index (χ4v) is 6.09. The molecule has 2 aromatic rings. The van der Waals surface area contributed by atoms with E-state index in [4.69, 9.17) is 18.6 Å². The van der Waals surface area contributed by atoms with E-state index in [9.17, 15) is 19.8 Å². The monoisotopic (exact) mass is 562 g/mol. The molecule has 2 heterocycles. The van der Waals surface area contributed by atoms with E-state index in [0.717, 1.165) is 33.2 Å². The molecule has 2 N–H and O–H groups in total. The lowest BCUT2D eigenvalue weighted by Crippen LogP contribution is -2.41. The standard InChI is InChI=1S/C31H40B2O8/c1-27(2)28(3,4)39-32(38-27)19-9-11-21-22-12-10-20(33-40-29(5,6)30(7,8)41-33)18-24(22)31(23(21)17-19,15-13-25(34)35)16-14-26(36)37/h9-12,17-18H,13-16H2,1-8H3,(H,34,35)(H,36,37). The first-order chi connectivity index (χ1) is 18.9. The second-order valence-corrected chi connectivity index (χ2v) is 13.7. The van der Waals surface area contributed by atoms with E-state index in [0.29, 0.717) is 0 Å². The van der Waals surface area contributed by atoms with Gasteiger partial charge in [-0.2, -0.15) is 0 Å². The molecule has 10 heteroatoms. The number of carboxylic acid groups (broad SMARTS) is 2. The molecule has 0 radical (unpaired) electrons. The minimum atomic E-state index is -0.932. The minimum absolute atomic E-state index is 0.111. The zero-order chi connectivity index (χ0) is 30.2. The van der Waals surface area contributed by atoms with Crippen molar-refractivity contribution in [3.05, 3.63) is 47.5 Å². The van der Waals surface area contributed by atoms with Gasteiger partial charge in [-0.15, -0.1) is 0 Å². The fourth-order valence-electron chi connectivity index (χ4n) is 6.09. The lowest BCUT2D eigenvalue weighted by atomic mass is 9.67. The third-order valence-corrected chi connectivity index (χ3v) is 9.99. The average molecular weight is 562 g/mol. The van der Waals surface area contributed by atoms with Gasteiger partial charge in [-0.25, -0.2) is 0 Å². The van der Waals surface area contributed by atoms with Crippen LogP contribution in [0.4, 0.5) is 0 Å². The van der Waals surface area contributed by atoms with Gasteiger partial charge in [0.1, 0.15) is 0 Å². The smallest absolute Gasteiger partial charge is 0.481 e. The van der Waals surface area contributed by atoms with Crippen molar-refractivity contribution < 1.29 is 38.4 Å². The summed E-state index contributed by atoms with van der Waals surface area (Å²) in [5, 5.41) is 19.5. The maximum atomic E-state index is 11.9. The average Bonchev–Trinajstić information content (AvgIpc) is 3.35. The Morgan fingerprint density at radius 2 is 0.927 bits per heavy atom. The molecule has 0 amide bonds. The van der Waals surface area contributed by atoms with Gasteiger partial charge in [0, 0.05) is 18.3 Å². The van der Waals surface area contributed by atoms with Crippen LogP contribution >= 0.6 is 0 Å². The molecule has 41 heavy (non-hydrogen) atoms. The summed E-state index contributed by atoms with van der Waals surface area (Å²) in [6.45, 7) is 16.0. The highest BCUT2D eigenvalue weighted by Gasteiger charge is 2.54. The third kappa shape index (κ3) is 4.92. The van der Waals surface area contributed by atoms with Crippen molar-refractivity contribution in [3.8, 4) is 11.1 Å². The largest absolute Gasteiger partial charge is 0.494 e. The summed E-state index contributed by atoms with van der Waals surface area (Å²) >= 11 is 0. The van der Waals surface area contributed by atoms with Gasteiger partial charge < -0.3 is 28.8 Å². The number of carbonyl (C=O) groups is 2. The topological polar surface area (TPSA) is 112 Å². The van der Waals surface area contributed by atoms with Crippen molar-refractivity contribution in [1.29, 1.82) is 0 Å². The predicted molar refractivity (Wildman–Crippen MR) is 158 cm³/mol. The first-order valence-electron chi connectivity index (χ1n) is 14.3. The van der Waals surface area contributed by atoms with E-state index in [2.05, 4.69) is 0 Å². The van der Waals surface area contributed by atoms with Crippen LogP contribution in [0.5, 0.6) is 0 Å². The van der Waals surface area contributed by atoms with Crippen molar-refractivity contribution in [2.45, 2.75) is 109 Å². The Kier molecular flexibility index (Phi) is 7.05. The Balaban J connectivity index is 1.64. The van der Waals surface area contributed by atoms with Crippen molar-refractivity contribution in [2.75, 3.05) is 0 Å². The molecule has 0 atom stereocenters. The highest BCUT2D eigenvalue weighted by Crippen LogP contribution is 2.53. The molecule has 0 unspecified atom stereocenters. The number of fused-ring (bicyclic) bond motifs is 3. The highest BCUT2D eigenvalue weighted by molar-refractivity contribution is 6.62. The predicted octanol–water partition coefficient (Wildman–Crippen LogP) is 4.28. The number of hydrogen-bond acceptors (Lipinski definition) is 6. The van der Waals surface area contributed by atoms with Gasteiger partial charge in [0.15, 0.2) is 0 Å². The van der Waals surface area contributed by atoms with Gasteiger partial charge in [0.05, 0.1) is 22.4 Å². The molecule has 3 aliphatic rings. The van der Waals surface area contributed by atoms with E-state index in [1.54, 1.807) is 0 Å². The van der Waals surface area contributed by atoms with Crippen LogP contribution in [0, 0.1) is 0 Å². The van der Waals surface area contributed by atoms with Crippen molar-refractivity contribution >= 4 is 37.1 Å². The van der Waals surface area contributed by atoms with E-state index in [-0.39, 0.29) is 25.7 Å². The molecule has 2 aromatic carbocycles. The van der Waals surface area contributed by atoms with E-state index in [1.807, 2.05) is 91.8 Å². The lowest BCUT2D eigenvalue weighted by molar-refractivity contribution is -0.137. The quantitative estimate of drug-likeness (QED) is 0.459. The molecular weight excluding hydrogens is 522 g/mol. The number of carboxylic acids is 2. The van der Waals surface area contributed by atoms with Gasteiger partial charge >= 0.3 is 26.2 Å². The first kappa shape index (κ1) is 29.8. The molecule has 0 spiro atoms. The van der Waals surface area contributed by atoms with E-state index >= 15 is 0 Å². The van der Waals surface area contributed by atoms with Gasteiger partial charge in [-0.1, -0.05) is 36.4 Å². The first-order valence-corrected chi connectivity index (χ1v) is 14.3. The Hall–Kier alpha value is -2.65. The maximum Gasteiger partial charge on any atom is 0.494 e. The molecular formula is C31H40B2O8. The summed E-state index contributed by atoms with van der Waals surface area (Å²) in [5.74, 6) is -1.86. The Bertz CT molecular complexity index is 1260. The normalized spacial score (nSPS) is 22.4. The fraction of sp³-hybridized carbons (Fsp3) is 0.548. The molecule has 0 saturated carbocycles. The summed E-state index contributed by atoms with van der Waals surface area (Å²) in [6, 6.07) is 12.1. The minimum Gasteiger partial charge on any atom is -0.481 e. The molecule has 5 rings (SSSR count). The molecule has 2 aliphatic heterocycles. The Morgan fingerprint density at radius 1 is 0.610 bits per heavy atom. The van der Waals surface area contributed by atoms with Crippen LogP contribution in [0.3, 0.4) is 0 Å². The van der Waals surface area contributed by atoms with Crippen LogP contribution in [-0.2, 0) is 33.6 Å². The molecule has 1 aliphatic carbocycles. The Labute approximate surface area is 243 Å². The molecule has 2 saturated heterocycles. The number of benzene rings is 2. The maximum absolute atomic E-state index is 11.9. The highest BCUT2D eigenvalue weighted by atomic mass is 16.7. The van der Waals surface area contributed by atoms with Crippen LogP contribution in [0.1, 0.15) is 92.2 Å². The van der Waals surface area contributed by atoms with Crippen LogP contribution in [-0.4, -0.2) is 58.8 Å². The third-order valence-electron chi connectivity index (χ3n) is 9.99. The zero-order valence-corrected chi connectivity index (χ0v) is 25.3. The van der Waals surface area contributed by atoms with Crippen molar-refractivity contribution in [2.24, 2.45) is 0 Å². The summed E-state index contributed by atoms with van der Waals surface area (Å²) in [7, 11) is -1.21. The number of hydrogen-bond donors (Lipinski definition) is 2. The number of aliphatic carboxylic acids is 2. The lowest BCUT2D eigenvalue weighted by Gasteiger charge is -2.32. The Morgan fingerprint density at radius 3 is 1.22 bits per heavy atom. The molecule has 0 aromatic heterocycles. The van der Waals surface area contributed by atoms with Gasteiger partial charge in [0.2, 0.25) is 0 Å². The van der Waals surface area contributed by atoms with E-state index in [1.165, 1.54) is 0 Å². The summed E-state index contributed by atoms with van der Waals surface area (Å²) in [4.78, 5) is 23.8. The van der Waals surface area contributed by atoms with Gasteiger partial charge in [-0.05, 0) is 101 Å². The summed E-state index contributed by atoms with van der Waals surface area (Å²) in [6.07, 6.45) is 0.268. The second-order valence-electron chi connectivity index (χ2n) is 13.7. The van der Waals surface area contributed by atoms with Crippen LogP contribution in [0.25, 0.3) is 11.1 Å². The van der Waals surface area contributed by atoms with Gasteiger partial charge in [-0.3, -0.25) is 9.59 Å². The van der Waals surface area contributed by atoms with Crippen molar-refractivity contribution in [3.63, 3.8) is 0 Å². The van der Waals surface area contributed by atoms with Gasteiger partial charge in [0.25, 0.3) is 0 Å². The summed E-state index contributed by atoms with van der Waals surface area (Å²) < 4.78 is 25.3. The molecule has 0 bridgehead atoms. The van der Waals surface area contributed by atoms with E-state index < -0.39 is 54.0 Å². The van der Waals surface area contributed by atoms with Crippen molar-refractivity contribution in [1.82, 2.24) is 0 Å². The van der Waals surface area contributed by atoms with Crippen LogP contribution in [0.15, 0.2) is 36.4 Å². The summed E-state index contributed by atoms with van der Waals surface area (Å²) in [5.41, 5.74) is 2.38. The molecule has 8 nitrogen and oxygen atoms in total. The molecule has 2 fully saturated rings. The zero-order valence-electron chi connectivity index (χ0n) is 25.3. The SMILES string of the molecule is CC1(C)OB(c2ccc3c(c2)C(CCC(=O)O)(CCC(=O)O)c2cc(B4OC(C)(C)C(C)(C)O4)ccc2-3)OC1(C)C. The second kappa shape index (κ2) is 9.69.